The highest BCUT2D eigenvalue weighted by molar-refractivity contribution is 6.05. The number of hydrogen-bond donors (Lipinski definition) is 3. The minimum atomic E-state index is -1.06. The standard InChI is InChI=1S/C18H21N7O2/c19-16-21-17(20)25(18(22-16)9-2-1-3-10-18)13-6-4-12(5-7-13)24-11-8-14(23-24)15(26)27/h4-8,11H,1-3,9-10H2,(H,26,27)(H4,19,20,21,22). The molecule has 5 N–H and O–H groups in total. The monoisotopic (exact) mass is 367 g/mol. The first-order chi connectivity index (χ1) is 13.0. The van der Waals surface area contributed by atoms with Gasteiger partial charge >= 0.3 is 5.97 Å². The first-order valence-corrected chi connectivity index (χ1v) is 8.88. The molecule has 1 aromatic heterocycles. The number of nitrogens with zero attached hydrogens (tertiary/aromatic N) is 5. The van der Waals surface area contributed by atoms with E-state index in [9.17, 15) is 4.79 Å². The van der Waals surface area contributed by atoms with Crippen LogP contribution in [0, 0.1) is 0 Å². The molecule has 9 heteroatoms. The molecule has 0 unspecified atom stereocenters. The lowest BCUT2D eigenvalue weighted by Crippen LogP contribution is -2.58. The highest BCUT2D eigenvalue weighted by atomic mass is 16.4. The topological polar surface area (TPSA) is 135 Å². The summed E-state index contributed by atoms with van der Waals surface area (Å²) in [6.07, 6.45) is 6.64. The lowest BCUT2D eigenvalue weighted by atomic mass is 9.87. The van der Waals surface area contributed by atoms with Crippen molar-refractivity contribution in [3.8, 4) is 5.69 Å². The molecule has 1 fully saturated rings. The van der Waals surface area contributed by atoms with Crippen molar-refractivity contribution in [2.24, 2.45) is 21.5 Å². The molecule has 1 spiro atoms. The van der Waals surface area contributed by atoms with Gasteiger partial charge in [-0.3, -0.25) is 4.90 Å². The van der Waals surface area contributed by atoms with E-state index in [0.29, 0.717) is 5.96 Å². The summed E-state index contributed by atoms with van der Waals surface area (Å²) in [6.45, 7) is 0. The minimum Gasteiger partial charge on any atom is -0.476 e. The number of hydrogen-bond acceptors (Lipinski definition) is 7. The zero-order valence-corrected chi connectivity index (χ0v) is 14.7. The summed E-state index contributed by atoms with van der Waals surface area (Å²) >= 11 is 0. The summed E-state index contributed by atoms with van der Waals surface area (Å²) in [5, 5.41) is 13.1. The Kier molecular flexibility index (Phi) is 4.06. The van der Waals surface area contributed by atoms with Crippen molar-refractivity contribution in [1.29, 1.82) is 0 Å². The van der Waals surface area contributed by atoms with Crippen molar-refractivity contribution in [2.75, 3.05) is 4.90 Å². The summed E-state index contributed by atoms with van der Waals surface area (Å²) in [6, 6.07) is 9.00. The number of carboxylic acids is 1. The van der Waals surface area contributed by atoms with Gasteiger partial charge in [-0.25, -0.2) is 14.5 Å². The Balaban J connectivity index is 1.67. The number of guanidine groups is 2. The molecule has 0 amide bonds. The fourth-order valence-corrected chi connectivity index (χ4v) is 3.83. The summed E-state index contributed by atoms with van der Waals surface area (Å²) < 4.78 is 1.52. The Labute approximate surface area is 156 Å². The zero-order valence-electron chi connectivity index (χ0n) is 14.7. The molecule has 0 radical (unpaired) electrons. The summed E-state index contributed by atoms with van der Waals surface area (Å²) in [5.41, 5.74) is 13.2. The van der Waals surface area contributed by atoms with E-state index in [0.717, 1.165) is 37.1 Å². The third-order valence-corrected chi connectivity index (χ3v) is 5.03. The molecule has 2 aliphatic rings. The molecule has 1 aromatic carbocycles. The second kappa shape index (κ2) is 6.42. The van der Waals surface area contributed by atoms with Crippen molar-refractivity contribution in [3.05, 3.63) is 42.2 Å². The molecule has 140 valence electrons. The van der Waals surface area contributed by atoms with Crippen molar-refractivity contribution in [2.45, 2.75) is 37.8 Å². The van der Waals surface area contributed by atoms with Crippen LogP contribution in [0.3, 0.4) is 0 Å². The molecule has 1 aliphatic carbocycles. The normalized spacial score (nSPS) is 18.9. The van der Waals surface area contributed by atoms with Crippen LogP contribution in [-0.4, -0.2) is 38.4 Å². The average Bonchev–Trinajstić information content (AvgIpc) is 3.13. The highest BCUT2D eigenvalue weighted by Gasteiger charge is 2.42. The van der Waals surface area contributed by atoms with Gasteiger partial charge in [-0.05, 0) is 56.0 Å². The van der Waals surface area contributed by atoms with Crippen molar-refractivity contribution >= 4 is 23.6 Å². The van der Waals surface area contributed by atoms with Gasteiger partial charge < -0.3 is 16.6 Å². The fraction of sp³-hybridized carbons (Fsp3) is 0.333. The van der Waals surface area contributed by atoms with Gasteiger partial charge in [-0.1, -0.05) is 6.42 Å². The van der Waals surface area contributed by atoms with Crippen LogP contribution in [0.1, 0.15) is 42.6 Å². The van der Waals surface area contributed by atoms with E-state index in [1.54, 1.807) is 6.20 Å². The Morgan fingerprint density at radius 2 is 1.70 bits per heavy atom. The molecule has 2 heterocycles. The van der Waals surface area contributed by atoms with Crippen molar-refractivity contribution < 1.29 is 9.90 Å². The largest absolute Gasteiger partial charge is 0.476 e. The average molecular weight is 367 g/mol. The van der Waals surface area contributed by atoms with E-state index in [4.69, 9.17) is 16.6 Å². The van der Waals surface area contributed by atoms with Gasteiger partial charge in [0.25, 0.3) is 0 Å². The lowest BCUT2D eigenvalue weighted by molar-refractivity contribution is 0.0690. The molecular weight excluding hydrogens is 346 g/mol. The van der Waals surface area contributed by atoms with E-state index in [1.807, 2.05) is 29.2 Å². The second-order valence-corrected chi connectivity index (χ2v) is 6.79. The van der Waals surface area contributed by atoms with Crippen LogP contribution in [-0.2, 0) is 0 Å². The van der Waals surface area contributed by atoms with Crippen LogP contribution in [0.2, 0.25) is 0 Å². The first kappa shape index (κ1) is 17.1. The third-order valence-electron chi connectivity index (χ3n) is 5.03. The number of carboxylic acid groups (broad SMARTS) is 1. The van der Waals surface area contributed by atoms with E-state index >= 15 is 0 Å². The molecule has 0 saturated heterocycles. The summed E-state index contributed by atoms with van der Waals surface area (Å²) in [7, 11) is 0. The maximum absolute atomic E-state index is 11.0. The van der Waals surface area contributed by atoms with Crippen molar-refractivity contribution in [1.82, 2.24) is 9.78 Å². The van der Waals surface area contributed by atoms with Gasteiger partial charge in [0.15, 0.2) is 5.69 Å². The quantitative estimate of drug-likeness (QED) is 0.755. The first-order valence-electron chi connectivity index (χ1n) is 8.88. The third kappa shape index (κ3) is 3.01. The molecule has 2 aromatic rings. The molecule has 1 saturated carbocycles. The molecule has 4 rings (SSSR count). The molecule has 1 aliphatic heterocycles. The summed E-state index contributed by atoms with van der Waals surface area (Å²) in [4.78, 5) is 21.8. The van der Waals surface area contributed by atoms with Gasteiger partial charge in [-0.2, -0.15) is 10.1 Å². The number of rotatable bonds is 3. The fourth-order valence-electron chi connectivity index (χ4n) is 3.83. The van der Waals surface area contributed by atoms with Crippen LogP contribution < -0.4 is 16.4 Å². The maximum atomic E-state index is 11.0. The van der Waals surface area contributed by atoms with Crippen molar-refractivity contribution in [3.63, 3.8) is 0 Å². The van der Waals surface area contributed by atoms with Gasteiger partial charge in [-0.15, -0.1) is 0 Å². The number of aromatic nitrogens is 2. The second-order valence-electron chi connectivity index (χ2n) is 6.79. The van der Waals surface area contributed by atoms with Gasteiger partial charge in [0, 0.05) is 11.9 Å². The summed E-state index contributed by atoms with van der Waals surface area (Å²) in [5.74, 6) is -0.498. The Bertz CT molecular complexity index is 923. The Hall–Kier alpha value is -3.36. The smallest absolute Gasteiger partial charge is 0.356 e. The highest BCUT2D eigenvalue weighted by Crippen LogP contribution is 2.39. The number of anilines is 1. The van der Waals surface area contributed by atoms with Gasteiger partial charge in [0.05, 0.1) is 5.69 Å². The molecule has 27 heavy (non-hydrogen) atoms. The molecule has 9 nitrogen and oxygen atoms in total. The minimum absolute atomic E-state index is 0.00236. The van der Waals surface area contributed by atoms with E-state index in [-0.39, 0.29) is 11.7 Å². The number of carbonyl (C=O) groups is 1. The lowest BCUT2D eigenvalue weighted by Gasteiger charge is -2.45. The Morgan fingerprint density at radius 1 is 1.04 bits per heavy atom. The van der Waals surface area contributed by atoms with Gasteiger partial charge in [0.2, 0.25) is 11.9 Å². The number of benzene rings is 1. The van der Waals surface area contributed by atoms with Crippen LogP contribution >= 0.6 is 0 Å². The van der Waals surface area contributed by atoms with E-state index in [1.165, 1.54) is 17.2 Å². The molecule has 0 atom stereocenters. The van der Waals surface area contributed by atoms with Crippen LogP contribution in [0.25, 0.3) is 5.69 Å². The molecular formula is C18H21N7O2. The molecule has 0 bridgehead atoms. The Morgan fingerprint density at radius 3 is 2.33 bits per heavy atom. The van der Waals surface area contributed by atoms with Crippen LogP contribution in [0.15, 0.2) is 46.5 Å². The number of aromatic carboxylic acids is 1. The van der Waals surface area contributed by atoms with E-state index in [2.05, 4.69) is 15.1 Å². The maximum Gasteiger partial charge on any atom is 0.356 e. The number of aliphatic imine (C=N–C) groups is 2. The predicted molar refractivity (Wildman–Crippen MR) is 102 cm³/mol. The van der Waals surface area contributed by atoms with Crippen LogP contribution in [0.4, 0.5) is 5.69 Å². The SMILES string of the molecule is NC1=NC2(CCCCC2)N(c2ccc(-n3ccc(C(=O)O)n3)cc2)C(N)=N1. The van der Waals surface area contributed by atoms with Crippen LogP contribution in [0.5, 0.6) is 0 Å². The predicted octanol–water partition coefficient (Wildman–Crippen LogP) is 1.68. The van der Waals surface area contributed by atoms with Gasteiger partial charge in [0.1, 0.15) is 5.66 Å². The van der Waals surface area contributed by atoms with E-state index < -0.39 is 11.6 Å². The number of nitrogens with two attached hydrogens (primary N) is 2. The zero-order chi connectivity index (χ0) is 19.0.